The number of benzene rings is 2. The fourth-order valence-electron chi connectivity index (χ4n) is 2.32. The maximum Gasteiger partial charge on any atom is 0.0136 e. The third-order valence-corrected chi connectivity index (χ3v) is 6.35. The number of hydrogen-bond donors (Lipinski definition) is 0. The second-order valence-electron chi connectivity index (χ2n) is 6.80. The highest BCUT2D eigenvalue weighted by Crippen LogP contribution is 2.36. The first kappa shape index (κ1) is 19.8. The van der Waals surface area contributed by atoms with Crippen molar-refractivity contribution in [2.24, 2.45) is 0 Å². The molecule has 0 bridgehead atoms. The van der Waals surface area contributed by atoms with Crippen LogP contribution in [0, 0.1) is 0 Å². The predicted molar refractivity (Wildman–Crippen MR) is 113 cm³/mol. The molecule has 2 aromatic rings. The molecule has 0 saturated carbocycles. The minimum absolute atomic E-state index is 0.557. The first-order chi connectivity index (χ1) is 11.3. The maximum absolute atomic E-state index is 2.35. The van der Waals surface area contributed by atoms with E-state index in [1.54, 1.807) is 0 Å². The molecule has 0 radical (unpaired) electrons. The van der Waals surface area contributed by atoms with E-state index in [1.807, 2.05) is 35.3 Å². The van der Waals surface area contributed by atoms with Crippen LogP contribution in [0.25, 0.3) is 0 Å². The summed E-state index contributed by atoms with van der Waals surface area (Å²) in [6, 6.07) is 16.0. The van der Waals surface area contributed by atoms with E-state index in [0.717, 1.165) is 0 Å². The number of rotatable bonds is 7. The van der Waals surface area contributed by atoms with Crippen molar-refractivity contribution >= 4 is 35.3 Å². The molecule has 130 valence electrons. The highest BCUT2D eigenvalue weighted by atomic mass is 32.2. The first-order valence-corrected chi connectivity index (χ1v) is 11.2. The Labute approximate surface area is 160 Å². The average Bonchev–Trinajstić information content (AvgIpc) is 2.47. The summed E-state index contributed by atoms with van der Waals surface area (Å²) in [4.78, 5) is 5.38. The van der Waals surface area contributed by atoms with Gasteiger partial charge in [0.2, 0.25) is 0 Å². The van der Waals surface area contributed by atoms with Crippen molar-refractivity contribution in [2.75, 3.05) is 0 Å². The van der Waals surface area contributed by atoms with Crippen LogP contribution in [0.3, 0.4) is 0 Å². The van der Waals surface area contributed by atoms with Crippen LogP contribution in [0.5, 0.6) is 0 Å². The van der Waals surface area contributed by atoms with Crippen molar-refractivity contribution in [3.63, 3.8) is 0 Å². The molecule has 0 spiro atoms. The lowest BCUT2D eigenvalue weighted by atomic mass is 10.0. The van der Waals surface area contributed by atoms with Gasteiger partial charge in [0, 0.05) is 30.1 Å². The van der Waals surface area contributed by atoms with Gasteiger partial charge in [-0.2, -0.15) is 0 Å². The first-order valence-electron chi connectivity index (χ1n) is 8.59. The smallest absolute Gasteiger partial charge is 0.0136 e. The van der Waals surface area contributed by atoms with Crippen molar-refractivity contribution in [1.29, 1.82) is 0 Å². The molecular weight excluding hydrogens is 348 g/mol. The number of thioether (sulfide) groups is 2. The molecule has 0 saturated heterocycles. The third kappa shape index (κ3) is 6.42. The van der Waals surface area contributed by atoms with Gasteiger partial charge in [0.1, 0.15) is 0 Å². The van der Waals surface area contributed by atoms with Crippen LogP contribution < -0.4 is 0 Å². The van der Waals surface area contributed by atoms with Gasteiger partial charge in [0.15, 0.2) is 0 Å². The van der Waals surface area contributed by atoms with Gasteiger partial charge in [-0.05, 0) is 53.9 Å². The normalized spacial score (nSPS) is 11.7. The second-order valence-corrected chi connectivity index (χ2v) is 11.2. The zero-order valence-corrected chi connectivity index (χ0v) is 17.9. The van der Waals surface area contributed by atoms with Crippen LogP contribution >= 0.6 is 35.3 Å². The molecule has 0 aliphatic rings. The van der Waals surface area contributed by atoms with Crippen LogP contribution in [-0.2, 0) is 0 Å². The molecule has 0 aliphatic carbocycles. The molecule has 24 heavy (non-hydrogen) atoms. The van der Waals surface area contributed by atoms with Gasteiger partial charge in [-0.3, -0.25) is 0 Å². The monoisotopic (exact) mass is 376 g/mol. The average molecular weight is 377 g/mol. The van der Waals surface area contributed by atoms with Crippen molar-refractivity contribution < 1.29 is 0 Å². The molecule has 0 nitrogen and oxygen atoms in total. The fraction of sp³-hybridized carbons (Fsp3) is 0.429. The van der Waals surface area contributed by atoms with E-state index < -0.39 is 0 Å². The Kier molecular flexibility index (Phi) is 7.64. The largest absolute Gasteiger partial charge is 0.123 e. The van der Waals surface area contributed by atoms with Crippen LogP contribution in [0.2, 0.25) is 0 Å². The Morgan fingerprint density at radius 1 is 0.583 bits per heavy atom. The van der Waals surface area contributed by atoms with E-state index in [2.05, 4.69) is 84.0 Å². The molecule has 3 heteroatoms. The Morgan fingerprint density at radius 3 is 1.62 bits per heavy atom. The van der Waals surface area contributed by atoms with E-state index in [-0.39, 0.29) is 0 Å². The van der Waals surface area contributed by atoms with Gasteiger partial charge in [0.25, 0.3) is 0 Å². The molecular formula is C21H28S3. The molecule has 0 unspecified atom stereocenters. The summed E-state index contributed by atoms with van der Waals surface area (Å²) >= 11 is 5.73. The summed E-state index contributed by atoms with van der Waals surface area (Å²) in [5.74, 6) is 0.557. The zero-order chi connectivity index (χ0) is 17.7. The van der Waals surface area contributed by atoms with Gasteiger partial charge in [-0.25, -0.2) is 0 Å². The topological polar surface area (TPSA) is 0 Å². The van der Waals surface area contributed by atoms with Crippen LogP contribution in [-0.4, -0.2) is 10.5 Å². The van der Waals surface area contributed by atoms with Crippen LogP contribution in [0.1, 0.15) is 53.0 Å². The predicted octanol–water partition coefficient (Wildman–Crippen LogP) is 7.96. The molecule has 0 fully saturated rings. The summed E-state index contributed by atoms with van der Waals surface area (Å²) in [5, 5.41) is 1.24. The maximum atomic E-state index is 2.35. The van der Waals surface area contributed by atoms with Gasteiger partial charge < -0.3 is 0 Å². The third-order valence-electron chi connectivity index (χ3n) is 3.37. The van der Waals surface area contributed by atoms with E-state index in [4.69, 9.17) is 0 Å². The van der Waals surface area contributed by atoms with E-state index in [9.17, 15) is 0 Å². The van der Waals surface area contributed by atoms with Crippen molar-refractivity contribution in [1.82, 2.24) is 0 Å². The SMILES string of the molecule is CC(C)Sc1ccc(Sc2cc(SC(C)C)cc(C(C)C)c2)cc1. The Bertz CT molecular complexity index is 643. The molecule has 0 atom stereocenters. The highest BCUT2D eigenvalue weighted by Gasteiger charge is 2.08. The molecule has 2 rings (SSSR count). The summed E-state index contributed by atoms with van der Waals surface area (Å²) in [6.07, 6.45) is 0. The van der Waals surface area contributed by atoms with Crippen molar-refractivity contribution in [3.05, 3.63) is 48.0 Å². The molecule has 2 aromatic carbocycles. The van der Waals surface area contributed by atoms with E-state index in [0.29, 0.717) is 16.4 Å². The van der Waals surface area contributed by atoms with Crippen LogP contribution in [0.4, 0.5) is 0 Å². The summed E-state index contributed by atoms with van der Waals surface area (Å²) < 4.78 is 0. The Morgan fingerprint density at radius 2 is 1.08 bits per heavy atom. The summed E-state index contributed by atoms with van der Waals surface area (Å²) in [6.45, 7) is 13.5. The minimum Gasteiger partial charge on any atom is -0.123 e. The lowest BCUT2D eigenvalue weighted by Crippen LogP contribution is -1.92. The van der Waals surface area contributed by atoms with Crippen molar-refractivity contribution in [2.45, 2.75) is 77.5 Å². The minimum atomic E-state index is 0.557. The lowest BCUT2D eigenvalue weighted by Gasteiger charge is -2.13. The lowest BCUT2D eigenvalue weighted by molar-refractivity contribution is 0.856. The van der Waals surface area contributed by atoms with Crippen molar-refractivity contribution in [3.8, 4) is 0 Å². The summed E-state index contributed by atoms with van der Waals surface area (Å²) in [5.41, 5.74) is 1.43. The quantitative estimate of drug-likeness (QED) is 0.450. The van der Waals surface area contributed by atoms with Gasteiger partial charge >= 0.3 is 0 Å². The summed E-state index contributed by atoms with van der Waals surface area (Å²) in [7, 11) is 0. The van der Waals surface area contributed by atoms with E-state index in [1.165, 1.54) is 25.1 Å². The molecule has 0 aliphatic heterocycles. The number of hydrogen-bond acceptors (Lipinski definition) is 3. The van der Waals surface area contributed by atoms with E-state index >= 15 is 0 Å². The van der Waals surface area contributed by atoms with Crippen LogP contribution in [0.15, 0.2) is 62.0 Å². The van der Waals surface area contributed by atoms with Gasteiger partial charge in [-0.15, -0.1) is 23.5 Å². The standard InChI is InChI=1S/C21H28S3/c1-14(2)17-11-20(23-16(5)6)13-21(12-17)24-19-9-7-18(8-10-19)22-15(3)4/h7-16H,1-6H3. The fourth-order valence-corrected chi connectivity index (χ4v) is 5.10. The molecule has 0 amide bonds. The highest BCUT2D eigenvalue weighted by molar-refractivity contribution is 8.00. The van der Waals surface area contributed by atoms with Gasteiger partial charge in [-0.1, -0.05) is 53.3 Å². The van der Waals surface area contributed by atoms with Gasteiger partial charge in [0.05, 0.1) is 0 Å². The Balaban J connectivity index is 2.19. The molecule has 0 aromatic heterocycles. The second kappa shape index (κ2) is 9.26. The molecule has 0 heterocycles. The zero-order valence-electron chi connectivity index (χ0n) is 15.5. The molecule has 0 N–H and O–H groups in total. The Hall–Kier alpha value is -0.510.